The van der Waals surface area contributed by atoms with Crippen LogP contribution in [0.15, 0.2) is 54.7 Å². The minimum atomic E-state index is -0.880. The maximum Gasteiger partial charge on any atom is 0.271 e. The molecular formula is C21H22N4O2. The number of hydrogen-bond donors (Lipinski definition) is 2. The second kappa shape index (κ2) is 6.96. The van der Waals surface area contributed by atoms with Gasteiger partial charge >= 0.3 is 0 Å². The first-order chi connectivity index (χ1) is 13.1. The predicted octanol–water partition coefficient (Wildman–Crippen LogP) is 2.90. The van der Waals surface area contributed by atoms with Gasteiger partial charge in [0.25, 0.3) is 5.91 Å². The minimum Gasteiger partial charge on any atom is -0.385 e. The molecule has 1 aliphatic rings. The first-order valence-corrected chi connectivity index (χ1v) is 9.11. The second-order valence-electron chi connectivity index (χ2n) is 7.02. The highest BCUT2D eigenvalue weighted by Gasteiger charge is 2.36. The van der Waals surface area contributed by atoms with Crippen molar-refractivity contribution in [2.45, 2.75) is 25.4 Å². The molecule has 1 aliphatic heterocycles. The first-order valence-electron chi connectivity index (χ1n) is 9.11. The normalized spacial score (nSPS) is 16.3. The van der Waals surface area contributed by atoms with Crippen molar-refractivity contribution in [1.82, 2.24) is 20.1 Å². The predicted molar refractivity (Wildman–Crippen MR) is 102 cm³/mol. The van der Waals surface area contributed by atoms with Gasteiger partial charge in [-0.1, -0.05) is 30.3 Å². The van der Waals surface area contributed by atoms with Crippen molar-refractivity contribution < 1.29 is 9.90 Å². The third-order valence-corrected chi connectivity index (χ3v) is 5.26. The van der Waals surface area contributed by atoms with E-state index in [-0.39, 0.29) is 5.91 Å². The molecule has 1 aromatic carbocycles. The molecule has 3 aromatic rings. The van der Waals surface area contributed by atoms with Crippen LogP contribution in [-0.4, -0.2) is 44.2 Å². The lowest BCUT2D eigenvalue weighted by Crippen LogP contribution is -2.45. The highest BCUT2D eigenvalue weighted by Crippen LogP contribution is 2.35. The van der Waals surface area contributed by atoms with Crippen molar-refractivity contribution in [2.75, 3.05) is 13.1 Å². The number of aryl methyl sites for hydroxylation is 1. The Balaban J connectivity index is 1.46. The van der Waals surface area contributed by atoms with Gasteiger partial charge in [-0.3, -0.25) is 14.9 Å². The lowest BCUT2D eigenvalue weighted by molar-refractivity contribution is -0.0217. The SMILES string of the molecule is Cc1ccccc1C1(O)CCN(C(=O)c2cc(-c3ccccn3)n[nH]2)CC1. The molecule has 1 amide bonds. The molecule has 4 rings (SSSR count). The molecule has 0 unspecified atom stereocenters. The Hall–Kier alpha value is -2.99. The number of aromatic amines is 1. The van der Waals surface area contributed by atoms with Gasteiger partial charge < -0.3 is 10.0 Å². The number of hydrogen-bond acceptors (Lipinski definition) is 4. The summed E-state index contributed by atoms with van der Waals surface area (Å²) in [5.41, 5.74) is 2.96. The zero-order valence-corrected chi connectivity index (χ0v) is 15.2. The fourth-order valence-corrected chi connectivity index (χ4v) is 3.69. The lowest BCUT2D eigenvalue weighted by Gasteiger charge is -2.39. The zero-order chi connectivity index (χ0) is 18.9. The van der Waals surface area contributed by atoms with Crippen molar-refractivity contribution in [3.8, 4) is 11.4 Å². The van der Waals surface area contributed by atoms with Gasteiger partial charge in [0.2, 0.25) is 0 Å². The molecule has 1 saturated heterocycles. The Labute approximate surface area is 157 Å². The van der Waals surface area contributed by atoms with E-state index < -0.39 is 5.60 Å². The van der Waals surface area contributed by atoms with Crippen LogP contribution < -0.4 is 0 Å². The maximum atomic E-state index is 12.8. The lowest BCUT2D eigenvalue weighted by atomic mass is 9.82. The van der Waals surface area contributed by atoms with E-state index in [9.17, 15) is 9.90 Å². The summed E-state index contributed by atoms with van der Waals surface area (Å²) in [6.45, 7) is 3.01. The molecule has 2 aromatic heterocycles. The van der Waals surface area contributed by atoms with E-state index >= 15 is 0 Å². The van der Waals surface area contributed by atoms with E-state index in [1.54, 1.807) is 17.2 Å². The number of aromatic nitrogens is 3. The Morgan fingerprint density at radius 2 is 1.85 bits per heavy atom. The molecule has 138 valence electrons. The molecule has 6 heteroatoms. The number of nitrogens with one attached hydrogen (secondary N) is 1. The number of carbonyl (C=O) groups excluding carboxylic acids is 1. The molecular weight excluding hydrogens is 340 g/mol. The van der Waals surface area contributed by atoms with E-state index in [1.807, 2.05) is 49.4 Å². The van der Waals surface area contributed by atoms with E-state index in [2.05, 4.69) is 15.2 Å². The Morgan fingerprint density at radius 3 is 2.56 bits per heavy atom. The van der Waals surface area contributed by atoms with E-state index in [4.69, 9.17) is 0 Å². The number of rotatable bonds is 3. The molecule has 0 saturated carbocycles. The molecule has 0 radical (unpaired) electrons. The summed E-state index contributed by atoms with van der Waals surface area (Å²) in [4.78, 5) is 18.8. The standard InChI is InChI=1S/C21H22N4O2/c1-15-6-2-3-7-16(15)21(27)9-12-25(13-10-21)20(26)19-14-18(23-24-19)17-8-4-5-11-22-17/h2-8,11,14,27H,9-10,12-13H2,1H3,(H,23,24). The van der Waals surface area contributed by atoms with Crippen LogP contribution in [0.5, 0.6) is 0 Å². The molecule has 27 heavy (non-hydrogen) atoms. The van der Waals surface area contributed by atoms with Gasteiger partial charge in [-0.2, -0.15) is 5.10 Å². The fraction of sp³-hybridized carbons (Fsp3) is 0.286. The van der Waals surface area contributed by atoms with Gasteiger partial charge in [-0.25, -0.2) is 0 Å². The molecule has 3 heterocycles. The minimum absolute atomic E-state index is 0.100. The van der Waals surface area contributed by atoms with Crippen LogP contribution in [0.2, 0.25) is 0 Å². The summed E-state index contributed by atoms with van der Waals surface area (Å²) in [6, 6.07) is 15.2. The summed E-state index contributed by atoms with van der Waals surface area (Å²) >= 11 is 0. The number of pyridine rings is 1. The number of H-pyrrole nitrogens is 1. The van der Waals surface area contributed by atoms with Crippen molar-refractivity contribution in [3.05, 3.63) is 71.5 Å². The Morgan fingerprint density at radius 1 is 1.11 bits per heavy atom. The van der Waals surface area contributed by atoms with E-state index in [1.165, 1.54) is 0 Å². The number of aliphatic hydroxyl groups is 1. The summed E-state index contributed by atoms with van der Waals surface area (Å²) in [7, 11) is 0. The molecule has 0 spiro atoms. The third-order valence-electron chi connectivity index (χ3n) is 5.26. The third kappa shape index (κ3) is 3.36. The van der Waals surface area contributed by atoms with Gasteiger partial charge in [0, 0.05) is 19.3 Å². The van der Waals surface area contributed by atoms with Gasteiger partial charge in [0.15, 0.2) is 0 Å². The van der Waals surface area contributed by atoms with Crippen LogP contribution in [0.3, 0.4) is 0 Å². The second-order valence-corrected chi connectivity index (χ2v) is 7.02. The quantitative estimate of drug-likeness (QED) is 0.751. The molecule has 6 nitrogen and oxygen atoms in total. The summed E-state index contributed by atoms with van der Waals surface area (Å²) in [5, 5.41) is 18.1. The van der Waals surface area contributed by atoms with Gasteiger partial charge in [-0.15, -0.1) is 0 Å². The van der Waals surface area contributed by atoms with Crippen LogP contribution in [0, 0.1) is 6.92 Å². The highest BCUT2D eigenvalue weighted by atomic mass is 16.3. The summed E-state index contributed by atoms with van der Waals surface area (Å²) < 4.78 is 0. The highest BCUT2D eigenvalue weighted by molar-refractivity contribution is 5.93. The van der Waals surface area contributed by atoms with Crippen LogP contribution in [-0.2, 0) is 5.60 Å². The number of nitrogens with zero attached hydrogens (tertiary/aromatic N) is 3. The largest absolute Gasteiger partial charge is 0.385 e. The smallest absolute Gasteiger partial charge is 0.271 e. The number of carbonyl (C=O) groups is 1. The maximum absolute atomic E-state index is 12.8. The van der Waals surface area contributed by atoms with E-state index in [0.29, 0.717) is 37.3 Å². The number of amides is 1. The molecule has 0 aliphatic carbocycles. The fourth-order valence-electron chi connectivity index (χ4n) is 3.69. The average Bonchev–Trinajstić information content (AvgIpc) is 3.19. The van der Waals surface area contributed by atoms with Crippen LogP contribution in [0.25, 0.3) is 11.4 Å². The van der Waals surface area contributed by atoms with Crippen molar-refractivity contribution in [3.63, 3.8) is 0 Å². The van der Waals surface area contributed by atoms with Crippen LogP contribution >= 0.6 is 0 Å². The molecule has 0 atom stereocenters. The topological polar surface area (TPSA) is 82.1 Å². The zero-order valence-electron chi connectivity index (χ0n) is 15.2. The molecule has 0 bridgehead atoms. The van der Waals surface area contributed by atoms with Gasteiger partial charge in [0.1, 0.15) is 11.4 Å². The van der Waals surface area contributed by atoms with Crippen molar-refractivity contribution in [1.29, 1.82) is 0 Å². The molecule has 2 N–H and O–H groups in total. The van der Waals surface area contributed by atoms with Crippen molar-refractivity contribution in [2.24, 2.45) is 0 Å². The van der Waals surface area contributed by atoms with E-state index in [0.717, 1.165) is 16.8 Å². The Kier molecular flexibility index (Phi) is 4.49. The summed E-state index contributed by atoms with van der Waals surface area (Å²) in [6.07, 6.45) is 2.73. The number of likely N-dealkylation sites (tertiary alicyclic amines) is 1. The van der Waals surface area contributed by atoms with Crippen LogP contribution in [0.1, 0.15) is 34.5 Å². The Bertz CT molecular complexity index is 944. The number of piperidine rings is 1. The molecule has 1 fully saturated rings. The monoisotopic (exact) mass is 362 g/mol. The van der Waals surface area contributed by atoms with Gasteiger partial charge in [-0.05, 0) is 49.1 Å². The average molecular weight is 362 g/mol. The number of benzene rings is 1. The van der Waals surface area contributed by atoms with Crippen molar-refractivity contribution >= 4 is 5.91 Å². The first kappa shape index (κ1) is 17.4. The van der Waals surface area contributed by atoms with Crippen LogP contribution in [0.4, 0.5) is 0 Å². The summed E-state index contributed by atoms with van der Waals surface area (Å²) in [5.74, 6) is -0.100. The van der Waals surface area contributed by atoms with Gasteiger partial charge in [0.05, 0.1) is 11.3 Å².